The molecule has 3 aromatic rings. The quantitative estimate of drug-likeness (QED) is 0.425. The number of anilines is 1. The monoisotopic (exact) mass is 254 g/mol. The molecule has 0 amide bonds. The van der Waals surface area contributed by atoms with Gasteiger partial charge in [-0.15, -0.1) is 0 Å². The van der Waals surface area contributed by atoms with Gasteiger partial charge in [0.2, 0.25) is 5.88 Å². The summed E-state index contributed by atoms with van der Waals surface area (Å²) < 4.78 is 0. The van der Waals surface area contributed by atoms with Gasteiger partial charge in [0.15, 0.2) is 0 Å². The van der Waals surface area contributed by atoms with Crippen molar-refractivity contribution in [3.63, 3.8) is 0 Å². The van der Waals surface area contributed by atoms with Crippen molar-refractivity contribution in [3.8, 4) is 11.6 Å². The van der Waals surface area contributed by atoms with E-state index >= 15 is 0 Å². The van der Waals surface area contributed by atoms with Crippen molar-refractivity contribution in [2.75, 3.05) is 5.73 Å². The summed E-state index contributed by atoms with van der Waals surface area (Å²) in [6.45, 7) is 0. The highest BCUT2D eigenvalue weighted by Crippen LogP contribution is 2.16. The molecule has 0 aliphatic rings. The molecule has 3 rings (SSSR count). The summed E-state index contributed by atoms with van der Waals surface area (Å²) in [4.78, 5) is 3.93. The van der Waals surface area contributed by atoms with Gasteiger partial charge in [-0.1, -0.05) is 30.3 Å². The summed E-state index contributed by atoms with van der Waals surface area (Å²) in [5, 5.41) is 18.9. The van der Waals surface area contributed by atoms with Gasteiger partial charge in [0.1, 0.15) is 5.75 Å². The normalized spacial score (nSPS) is 9.68. The van der Waals surface area contributed by atoms with Crippen molar-refractivity contribution in [1.29, 1.82) is 0 Å². The van der Waals surface area contributed by atoms with E-state index in [1.54, 1.807) is 30.3 Å². The first-order chi connectivity index (χ1) is 9.16. The first-order valence-corrected chi connectivity index (χ1v) is 5.75. The zero-order chi connectivity index (χ0) is 13.7. The number of nitrogens with two attached hydrogens (primary N) is 1. The lowest BCUT2D eigenvalue weighted by molar-refractivity contribution is 0.456. The largest absolute Gasteiger partial charge is 0.506 e. The number of aromatic hydroxyl groups is 2. The number of nitrogens with zero attached hydrogens (tertiary/aromatic N) is 1. The smallest absolute Gasteiger partial charge is 0.211 e. The minimum absolute atomic E-state index is 0.0729. The summed E-state index contributed by atoms with van der Waals surface area (Å²) >= 11 is 0. The van der Waals surface area contributed by atoms with E-state index in [9.17, 15) is 0 Å². The van der Waals surface area contributed by atoms with Gasteiger partial charge in [-0.2, -0.15) is 0 Å². The van der Waals surface area contributed by atoms with Gasteiger partial charge in [-0.3, -0.25) is 0 Å². The first kappa shape index (κ1) is 12.7. The fourth-order valence-corrected chi connectivity index (χ4v) is 1.54. The molecule has 4 heteroatoms. The molecule has 0 aliphatic heterocycles. The number of benzene rings is 2. The number of hydrogen-bond acceptors (Lipinski definition) is 4. The molecule has 4 N–H and O–H groups in total. The van der Waals surface area contributed by atoms with Crippen molar-refractivity contribution in [3.05, 3.63) is 60.7 Å². The summed E-state index contributed by atoms with van der Waals surface area (Å²) in [6, 6.07) is 17.8. The summed E-state index contributed by atoms with van der Waals surface area (Å²) in [5.41, 5.74) is 6.52. The fraction of sp³-hybridized carbons (Fsp3) is 0. The number of rotatable bonds is 0. The molecule has 0 atom stereocenters. The number of phenols is 1. The minimum Gasteiger partial charge on any atom is -0.506 e. The van der Waals surface area contributed by atoms with Crippen molar-refractivity contribution < 1.29 is 10.2 Å². The van der Waals surface area contributed by atoms with Crippen LogP contribution in [-0.4, -0.2) is 15.2 Å². The number of pyridine rings is 1. The van der Waals surface area contributed by atoms with Crippen LogP contribution in [0.25, 0.3) is 10.9 Å². The van der Waals surface area contributed by atoms with Gasteiger partial charge in [0.05, 0.1) is 11.2 Å². The third-order valence-corrected chi connectivity index (χ3v) is 2.52. The molecular formula is C15H14N2O2. The minimum atomic E-state index is 0.0729. The lowest BCUT2D eigenvalue weighted by Crippen LogP contribution is -1.82. The lowest BCUT2D eigenvalue weighted by Gasteiger charge is -1.95. The van der Waals surface area contributed by atoms with Crippen molar-refractivity contribution >= 4 is 16.6 Å². The Bertz CT molecular complexity index is 663. The molecule has 1 heterocycles. The SMILES string of the molecule is Nc1ccccc1O.Oc1ccc2ccccc2n1. The zero-order valence-electron chi connectivity index (χ0n) is 10.2. The van der Waals surface area contributed by atoms with Crippen molar-refractivity contribution in [1.82, 2.24) is 4.98 Å². The Morgan fingerprint density at radius 2 is 1.47 bits per heavy atom. The maximum absolute atomic E-state index is 9.02. The Hall–Kier alpha value is -2.75. The molecule has 0 unspecified atom stereocenters. The van der Waals surface area contributed by atoms with Crippen LogP contribution in [0.2, 0.25) is 0 Å². The summed E-state index contributed by atoms with van der Waals surface area (Å²) in [7, 11) is 0. The number of fused-ring (bicyclic) bond motifs is 1. The predicted octanol–water partition coefficient (Wildman–Crippen LogP) is 2.91. The number of para-hydroxylation sites is 3. The molecule has 0 saturated heterocycles. The van der Waals surface area contributed by atoms with E-state index in [1.807, 2.05) is 30.3 Å². The Morgan fingerprint density at radius 1 is 0.789 bits per heavy atom. The molecule has 0 bridgehead atoms. The van der Waals surface area contributed by atoms with Crippen LogP contribution in [0.1, 0.15) is 0 Å². The molecule has 0 spiro atoms. The van der Waals surface area contributed by atoms with E-state index in [0.29, 0.717) is 5.69 Å². The van der Waals surface area contributed by atoms with Crippen LogP contribution in [0.3, 0.4) is 0 Å². The van der Waals surface area contributed by atoms with Crippen LogP contribution in [0.5, 0.6) is 11.6 Å². The molecule has 2 aromatic carbocycles. The molecule has 4 nitrogen and oxygen atoms in total. The van der Waals surface area contributed by atoms with Crippen molar-refractivity contribution in [2.24, 2.45) is 0 Å². The number of aromatic nitrogens is 1. The fourth-order valence-electron chi connectivity index (χ4n) is 1.54. The highest BCUT2D eigenvalue weighted by atomic mass is 16.3. The molecule has 96 valence electrons. The van der Waals surface area contributed by atoms with Gasteiger partial charge in [-0.05, 0) is 24.3 Å². The van der Waals surface area contributed by atoms with Crippen LogP contribution in [-0.2, 0) is 0 Å². The van der Waals surface area contributed by atoms with Crippen LogP contribution in [0.15, 0.2) is 60.7 Å². The van der Waals surface area contributed by atoms with Gasteiger partial charge < -0.3 is 15.9 Å². The maximum Gasteiger partial charge on any atom is 0.211 e. The second kappa shape index (κ2) is 5.73. The van der Waals surface area contributed by atoms with E-state index in [1.165, 1.54) is 0 Å². The topological polar surface area (TPSA) is 79.4 Å². The summed E-state index contributed by atoms with van der Waals surface area (Å²) in [5.74, 6) is 0.219. The molecule has 0 aliphatic carbocycles. The highest BCUT2D eigenvalue weighted by Gasteiger charge is 1.92. The van der Waals surface area contributed by atoms with E-state index in [2.05, 4.69) is 4.98 Å². The second-order valence-electron chi connectivity index (χ2n) is 3.92. The molecular weight excluding hydrogens is 240 g/mol. The molecule has 0 saturated carbocycles. The Morgan fingerprint density at radius 3 is 2.16 bits per heavy atom. The number of nitrogen functional groups attached to an aromatic ring is 1. The van der Waals surface area contributed by atoms with Gasteiger partial charge in [0.25, 0.3) is 0 Å². The second-order valence-corrected chi connectivity index (χ2v) is 3.92. The highest BCUT2D eigenvalue weighted by molar-refractivity contribution is 5.78. The van der Waals surface area contributed by atoms with E-state index < -0.39 is 0 Å². The zero-order valence-corrected chi connectivity index (χ0v) is 10.2. The van der Waals surface area contributed by atoms with E-state index in [0.717, 1.165) is 10.9 Å². The Kier molecular flexibility index (Phi) is 3.83. The first-order valence-electron chi connectivity index (χ1n) is 5.75. The van der Waals surface area contributed by atoms with Crippen LogP contribution < -0.4 is 5.73 Å². The van der Waals surface area contributed by atoms with Crippen LogP contribution in [0.4, 0.5) is 5.69 Å². The number of hydrogen-bond donors (Lipinski definition) is 3. The summed E-state index contributed by atoms with van der Waals surface area (Å²) in [6.07, 6.45) is 0. The third-order valence-electron chi connectivity index (χ3n) is 2.52. The predicted molar refractivity (Wildman–Crippen MR) is 75.9 cm³/mol. The van der Waals surface area contributed by atoms with Crippen LogP contribution in [0, 0.1) is 0 Å². The third kappa shape index (κ3) is 3.35. The average molecular weight is 254 g/mol. The van der Waals surface area contributed by atoms with Gasteiger partial charge in [0, 0.05) is 11.5 Å². The molecule has 19 heavy (non-hydrogen) atoms. The van der Waals surface area contributed by atoms with E-state index in [4.69, 9.17) is 15.9 Å². The Labute approximate surface area is 110 Å². The van der Waals surface area contributed by atoms with Gasteiger partial charge in [-0.25, -0.2) is 4.98 Å². The molecule has 0 radical (unpaired) electrons. The average Bonchev–Trinajstić information content (AvgIpc) is 2.43. The maximum atomic E-state index is 9.02. The lowest BCUT2D eigenvalue weighted by atomic mass is 10.2. The van der Waals surface area contributed by atoms with Crippen molar-refractivity contribution in [2.45, 2.75) is 0 Å². The van der Waals surface area contributed by atoms with Gasteiger partial charge >= 0.3 is 0 Å². The van der Waals surface area contributed by atoms with E-state index in [-0.39, 0.29) is 11.6 Å². The Balaban J connectivity index is 0.000000148. The van der Waals surface area contributed by atoms with Crippen LogP contribution >= 0.6 is 0 Å². The molecule has 0 fully saturated rings. The number of phenolic OH excluding ortho intramolecular Hbond substituents is 1. The standard InChI is InChI=1S/C9H7NO.C6H7NO/c11-9-6-5-7-3-1-2-4-8(7)10-9;7-5-3-1-2-4-6(5)8/h1-6H,(H,10,11);1-4,8H,7H2. The molecule has 1 aromatic heterocycles.